The van der Waals surface area contributed by atoms with E-state index < -0.39 is 5.92 Å². The average Bonchev–Trinajstić information content (AvgIpc) is 3.44. The van der Waals surface area contributed by atoms with Crippen molar-refractivity contribution in [1.82, 2.24) is 20.0 Å². The molecule has 1 unspecified atom stereocenters. The normalized spacial score (nSPS) is 16.4. The Morgan fingerprint density at radius 1 is 1.32 bits per heavy atom. The molecule has 1 atom stereocenters. The van der Waals surface area contributed by atoms with E-state index in [0.717, 1.165) is 11.3 Å². The van der Waals surface area contributed by atoms with Gasteiger partial charge in [-0.15, -0.1) is 0 Å². The molecule has 1 aliphatic heterocycles. The molecule has 0 bridgehead atoms. The van der Waals surface area contributed by atoms with Gasteiger partial charge in [0.05, 0.1) is 31.5 Å². The molecule has 4 rings (SSSR count). The van der Waals surface area contributed by atoms with Crippen LogP contribution in [0.15, 0.2) is 48.9 Å². The number of amides is 2. The zero-order valence-corrected chi connectivity index (χ0v) is 15.3. The first-order valence-corrected chi connectivity index (χ1v) is 8.89. The van der Waals surface area contributed by atoms with Crippen LogP contribution in [0.4, 0.5) is 11.5 Å². The van der Waals surface area contributed by atoms with Crippen LogP contribution >= 0.6 is 0 Å². The third-order valence-corrected chi connectivity index (χ3v) is 4.69. The molecule has 2 N–H and O–H groups in total. The van der Waals surface area contributed by atoms with Gasteiger partial charge in [-0.3, -0.25) is 19.4 Å². The highest BCUT2D eigenvalue weighted by molar-refractivity contribution is 6.03. The second-order valence-corrected chi connectivity index (χ2v) is 6.60. The lowest BCUT2D eigenvalue weighted by molar-refractivity contribution is -0.122. The maximum atomic E-state index is 12.5. The van der Waals surface area contributed by atoms with E-state index in [1.54, 1.807) is 41.3 Å². The molecule has 2 amide bonds. The first-order chi connectivity index (χ1) is 13.6. The summed E-state index contributed by atoms with van der Waals surface area (Å²) in [7, 11) is 1.63. The summed E-state index contributed by atoms with van der Waals surface area (Å²) in [5.74, 6) is 0.537. The molecule has 3 heterocycles. The van der Waals surface area contributed by atoms with E-state index in [4.69, 9.17) is 4.74 Å². The Labute approximate surface area is 161 Å². The summed E-state index contributed by atoms with van der Waals surface area (Å²) in [4.78, 5) is 26.3. The van der Waals surface area contributed by atoms with E-state index in [0.29, 0.717) is 24.6 Å². The number of H-pyrrole nitrogens is 1. The summed E-state index contributed by atoms with van der Waals surface area (Å²) in [6.45, 7) is 0.910. The number of hydrogen-bond donors (Lipinski definition) is 2. The molecular formula is C19H20N6O3. The van der Waals surface area contributed by atoms with E-state index in [-0.39, 0.29) is 18.2 Å². The molecule has 0 radical (unpaired) electrons. The molecule has 0 aliphatic carbocycles. The van der Waals surface area contributed by atoms with E-state index in [2.05, 4.69) is 20.6 Å². The summed E-state index contributed by atoms with van der Waals surface area (Å²) >= 11 is 0. The van der Waals surface area contributed by atoms with Crippen molar-refractivity contribution in [3.63, 3.8) is 0 Å². The number of nitrogens with one attached hydrogen (secondary N) is 2. The van der Waals surface area contributed by atoms with Crippen molar-refractivity contribution in [3.05, 3.63) is 54.5 Å². The number of carbonyl (C=O) groups is 2. The monoisotopic (exact) mass is 380 g/mol. The van der Waals surface area contributed by atoms with Gasteiger partial charge in [0, 0.05) is 31.4 Å². The van der Waals surface area contributed by atoms with Gasteiger partial charge in [-0.1, -0.05) is 12.1 Å². The van der Waals surface area contributed by atoms with Crippen LogP contribution in [0.5, 0.6) is 5.75 Å². The van der Waals surface area contributed by atoms with Gasteiger partial charge in [0.2, 0.25) is 11.8 Å². The van der Waals surface area contributed by atoms with Crippen molar-refractivity contribution < 1.29 is 14.3 Å². The summed E-state index contributed by atoms with van der Waals surface area (Å²) in [5, 5.41) is 13.7. The number of methoxy groups -OCH3 is 1. The number of hydrogen-bond acceptors (Lipinski definition) is 5. The van der Waals surface area contributed by atoms with Crippen molar-refractivity contribution in [2.45, 2.75) is 13.0 Å². The Morgan fingerprint density at radius 2 is 2.14 bits per heavy atom. The second kappa shape index (κ2) is 7.55. The van der Waals surface area contributed by atoms with Crippen molar-refractivity contribution in [2.24, 2.45) is 5.92 Å². The molecule has 9 heteroatoms. The number of nitrogens with zero attached hydrogens (tertiary/aromatic N) is 4. The number of rotatable bonds is 6. The maximum Gasteiger partial charge on any atom is 0.231 e. The highest BCUT2D eigenvalue weighted by atomic mass is 16.5. The first-order valence-electron chi connectivity index (χ1n) is 8.89. The lowest BCUT2D eigenvalue weighted by atomic mass is 10.1. The second-order valence-electron chi connectivity index (χ2n) is 6.60. The summed E-state index contributed by atoms with van der Waals surface area (Å²) in [6, 6.07) is 9.46. The van der Waals surface area contributed by atoms with Crippen LogP contribution in [0, 0.1) is 5.92 Å². The first kappa shape index (κ1) is 17.8. The minimum atomic E-state index is -0.422. The fourth-order valence-electron chi connectivity index (χ4n) is 3.19. The predicted octanol–water partition coefficient (Wildman–Crippen LogP) is 1.65. The van der Waals surface area contributed by atoms with Gasteiger partial charge in [0.25, 0.3) is 0 Å². The Hall–Kier alpha value is -3.62. The number of aromatic nitrogens is 4. The van der Waals surface area contributed by atoms with E-state index in [9.17, 15) is 9.59 Å². The fourth-order valence-corrected chi connectivity index (χ4v) is 3.19. The fraction of sp³-hybridized carbons (Fsp3) is 0.263. The largest absolute Gasteiger partial charge is 0.497 e. The predicted molar refractivity (Wildman–Crippen MR) is 102 cm³/mol. The molecule has 0 saturated carbocycles. The van der Waals surface area contributed by atoms with Gasteiger partial charge in [0.1, 0.15) is 5.75 Å². The molecule has 28 heavy (non-hydrogen) atoms. The van der Waals surface area contributed by atoms with Crippen LogP contribution < -0.4 is 15.0 Å². The third-order valence-electron chi connectivity index (χ3n) is 4.69. The Kier molecular flexibility index (Phi) is 4.79. The van der Waals surface area contributed by atoms with Gasteiger partial charge >= 0.3 is 0 Å². The van der Waals surface area contributed by atoms with E-state index in [1.165, 1.54) is 0 Å². The highest BCUT2D eigenvalue weighted by Crippen LogP contribution is 2.25. The van der Waals surface area contributed by atoms with Gasteiger partial charge in [-0.25, -0.2) is 0 Å². The Bertz CT molecular complexity index is 964. The van der Waals surface area contributed by atoms with Crippen molar-refractivity contribution in [1.29, 1.82) is 0 Å². The van der Waals surface area contributed by atoms with Crippen molar-refractivity contribution in [2.75, 3.05) is 23.9 Å². The third kappa shape index (κ3) is 3.73. The van der Waals surface area contributed by atoms with Crippen LogP contribution in [0.3, 0.4) is 0 Å². The van der Waals surface area contributed by atoms with Crippen LogP contribution in [-0.2, 0) is 16.1 Å². The lowest BCUT2D eigenvalue weighted by Gasteiger charge is -2.13. The van der Waals surface area contributed by atoms with Gasteiger partial charge in [-0.05, 0) is 17.7 Å². The lowest BCUT2D eigenvalue weighted by Crippen LogP contribution is -2.28. The number of aromatic amines is 1. The van der Waals surface area contributed by atoms with Gasteiger partial charge in [-0.2, -0.15) is 10.2 Å². The summed E-state index contributed by atoms with van der Waals surface area (Å²) < 4.78 is 6.90. The molecule has 0 spiro atoms. The summed E-state index contributed by atoms with van der Waals surface area (Å²) in [6.07, 6.45) is 5.18. The number of ether oxygens (including phenoxy) is 1. The number of carbonyl (C=O) groups excluding carboxylic acids is 2. The quantitative estimate of drug-likeness (QED) is 0.677. The van der Waals surface area contributed by atoms with Gasteiger partial charge < -0.3 is 15.0 Å². The molecule has 2 aromatic heterocycles. The SMILES string of the molecule is COc1ccc(Cn2ccc(NC(=O)C3CC(=O)N(c4cn[nH]c4)C3)n2)cc1. The number of benzene rings is 1. The maximum absolute atomic E-state index is 12.5. The van der Waals surface area contributed by atoms with E-state index in [1.807, 2.05) is 24.3 Å². The average molecular weight is 380 g/mol. The molecule has 1 aromatic carbocycles. The zero-order valence-electron chi connectivity index (χ0n) is 15.3. The van der Waals surface area contributed by atoms with Crippen LogP contribution in [0.2, 0.25) is 0 Å². The van der Waals surface area contributed by atoms with Crippen molar-refractivity contribution >= 4 is 23.3 Å². The van der Waals surface area contributed by atoms with Crippen LogP contribution in [0.1, 0.15) is 12.0 Å². The van der Waals surface area contributed by atoms with Crippen LogP contribution in [-0.4, -0.2) is 45.4 Å². The minimum absolute atomic E-state index is 0.0911. The summed E-state index contributed by atoms with van der Waals surface area (Å²) in [5.41, 5.74) is 1.74. The van der Waals surface area contributed by atoms with Crippen LogP contribution in [0.25, 0.3) is 0 Å². The molecule has 9 nitrogen and oxygen atoms in total. The molecule has 144 valence electrons. The standard InChI is InChI=1S/C19H20N6O3/c1-28-16-4-2-13(3-5-16)11-24-7-6-17(23-24)22-19(27)14-8-18(26)25(12-14)15-9-20-21-10-15/h2-7,9-10,14H,8,11-12H2,1H3,(H,20,21)(H,22,23,27). The minimum Gasteiger partial charge on any atom is -0.497 e. The molecule has 1 aliphatic rings. The molecule has 3 aromatic rings. The topological polar surface area (TPSA) is 105 Å². The Balaban J connectivity index is 1.35. The number of anilines is 2. The smallest absolute Gasteiger partial charge is 0.231 e. The van der Waals surface area contributed by atoms with E-state index >= 15 is 0 Å². The molecule has 1 fully saturated rings. The van der Waals surface area contributed by atoms with Crippen molar-refractivity contribution in [3.8, 4) is 5.75 Å². The molecular weight excluding hydrogens is 360 g/mol. The molecule has 1 saturated heterocycles. The zero-order chi connectivity index (χ0) is 19.5. The Morgan fingerprint density at radius 3 is 2.86 bits per heavy atom. The highest BCUT2D eigenvalue weighted by Gasteiger charge is 2.35. The van der Waals surface area contributed by atoms with Gasteiger partial charge in [0.15, 0.2) is 5.82 Å².